The first-order valence-corrected chi connectivity index (χ1v) is 5.91. The summed E-state index contributed by atoms with van der Waals surface area (Å²) in [5, 5.41) is 10.0. The molecule has 0 radical (unpaired) electrons. The lowest BCUT2D eigenvalue weighted by Crippen LogP contribution is -2.47. The quantitative estimate of drug-likeness (QED) is 0.782. The molecule has 1 aromatic rings. The second kappa shape index (κ2) is 5.25. The van der Waals surface area contributed by atoms with Crippen LogP contribution in [0.1, 0.15) is 5.56 Å². The molecule has 2 rings (SSSR count). The predicted molar refractivity (Wildman–Crippen MR) is 58.8 cm³/mol. The van der Waals surface area contributed by atoms with Gasteiger partial charge < -0.3 is 15.4 Å². The number of carbonyl (C=O) groups is 1. The van der Waals surface area contributed by atoms with Gasteiger partial charge in [0.2, 0.25) is 0 Å². The summed E-state index contributed by atoms with van der Waals surface area (Å²) < 4.78 is 5.34. The van der Waals surface area contributed by atoms with Gasteiger partial charge >= 0.3 is 0 Å². The third kappa shape index (κ3) is 3.02. The van der Waals surface area contributed by atoms with Crippen LogP contribution in [-0.2, 0) is 16.1 Å². The van der Waals surface area contributed by atoms with Gasteiger partial charge in [-0.1, -0.05) is 0 Å². The van der Waals surface area contributed by atoms with Crippen molar-refractivity contribution in [2.75, 3.05) is 19.7 Å². The molecule has 1 atom stereocenters. The van der Waals surface area contributed by atoms with E-state index in [0.717, 1.165) is 12.1 Å². The first-order valence-electron chi connectivity index (χ1n) is 4.97. The highest BCUT2D eigenvalue weighted by molar-refractivity contribution is 7.07. The fourth-order valence-corrected chi connectivity index (χ4v) is 2.10. The minimum Gasteiger partial charge on any atom is -0.366 e. The van der Waals surface area contributed by atoms with Crippen molar-refractivity contribution >= 4 is 17.2 Å². The zero-order valence-corrected chi connectivity index (χ0v) is 9.18. The summed E-state index contributed by atoms with van der Waals surface area (Å²) >= 11 is 1.63. The Bertz CT molecular complexity index is 307. The van der Waals surface area contributed by atoms with E-state index >= 15 is 0 Å². The highest BCUT2D eigenvalue weighted by Crippen LogP contribution is 2.05. The van der Waals surface area contributed by atoms with Gasteiger partial charge in [-0.3, -0.25) is 4.79 Å². The van der Waals surface area contributed by atoms with E-state index in [0.29, 0.717) is 19.7 Å². The largest absolute Gasteiger partial charge is 0.366 e. The van der Waals surface area contributed by atoms with Crippen LogP contribution in [-0.4, -0.2) is 31.7 Å². The van der Waals surface area contributed by atoms with Crippen molar-refractivity contribution in [3.63, 3.8) is 0 Å². The summed E-state index contributed by atoms with van der Waals surface area (Å²) in [5.41, 5.74) is 1.14. The van der Waals surface area contributed by atoms with Gasteiger partial charge in [0.05, 0.1) is 6.61 Å². The minimum atomic E-state index is -0.336. The molecule has 4 nitrogen and oxygen atoms in total. The molecule has 2 N–H and O–H groups in total. The van der Waals surface area contributed by atoms with Crippen molar-refractivity contribution in [3.8, 4) is 0 Å². The molecule has 1 fully saturated rings. The van der Waals surface area contributed by atoms with E-state index in [9.17, 15) is 4.79 Å². The fraction of sp³-hybridized carbons (Fsp3) is 0.500. The Hall–Kier alpha value is -0.910. The summed E-state index contributed by atoms with van der Waals surface area (Å²) in [5.74, 6) is -0.0339. The zero-order chi connectivity index (χ0) is 10.5. The molecule has 0 saturated carbocycles. The van der Waals surface area contributed by atoms with Gasteiger partial charge in [0.1, 0.15) is 6.10 Å². The summed E-state index contributed by atoms with van der Waals surface area (Å²) in [6.45, 7) is 2.63. The maximum Gasteiger partial charge on any atom is 0.250 e. The summed E-state index contributed by atoms with van der Waals surface area (Å²) in [6, 6.07) is 2.00. The molecule has 5 heteroatoms. The van der Waals surface area contributed by atoms with E-state index in [2.05, 4.69) is 10.6 Å². The number of thiophene rings is 1. The smallest absolute Gasteiger partial charge is 0.250 e. The number of morpholine rings is 1. The minimum absolute atomic E-state index is 0.0339. The molecular weight excluding hydrogens is 212 g/mol. The van der Waals surface area contributed by atoms with Gasteiger partial charge in [0.25, 0.3) is 5.91 Å². The topological polar surface area (TPSA) is 50.4 Å². The lowest BCUT2D eigenvalue weighted by Gasteiger charge is -2.22. The molecule has 82 valence electrons. The Kier molecular flexibility index (Phi) is 3.71. The van der Waals surface area contributed by atoms with E-state index in [1.165, 1.54) is 0 Å². The Morgan fingerprint density at radius 1 is 1.73 bits per heavy atom. The highest BCUT2D eigenvalue weighted by atomic mass is 32.1. The monoisotopic (exact) mass is 226 g/mol. The highest BCUT2D eigenvalue weighted by Gasteiger charge is 2.20. The first kappa shape index (κ1) is 10.6. The van der Waals surface area contributed by atoms with Crippen LogP contribution in [0.3, 0.4) is 0 Å². The average Bonchev–Trinajstić information content (AvgIpc) is 2.80. The molecule has 2 heterocycles. The molecule has 0 aliphatic carbocycles. The number of carbonyl (C=O) groups excluding carboxylic acids is 1. The standard InChI is InChI=1S/C10H14N2O2S/c13-10(9-6-11-2-3-14-9)12-5-8-1-4-15-7-8/h1,4,7,9,11H,2-3,5-6H2,(H,12,13). The van der Waals surface area contributed by atoms with Crippen LogP contribution >= 0.6 is 11.3 Å². The molecule has 0 aromatic carbocycles. The van der Waals surface area contributed by atoms with Crippen molar-refractivity contribution in [3.05, 3.63) is 22.4 Å². The van der Waals surface area contributed by atoms with Gasteiger partial charge in [0.15, 0.2) is 0 Å². The van der Waals surface area contributed by atoms with Crippen molar-refractivity contribution in [1.82, 2.24) is 10.6 Å². The van der Waals surface area contributed by atoms with Crippen LogP contribution in [0.2, 0.25) is 0 Å². The Morgan fingerprint density at radius 3 is 3.33 bits per heavy atom. The Morgan fingerprint density at radius 2 is 2.67 bits per heavy atom. The molecular formula is C10H14N2O2S. The molecule has 1 saturated heterocycles. The van der Waals surface area contributed by atoms with E-state index in [1.54, 1.807) is 11.3 Å². The Labute approximate surface area is 92.6 Å². The zero-order valence-electron chi connectivity index (χ0n) is 8.36. The third-order valence-corrected chi connectivity index (χ3v) is 3.00. The van der Waals surface area contributed by atoms with Gasteiger partial charge in [-0.15, -0.1) is 0 Å². The van der Waals surface area contributed by atoms with Crippen molar-refractivity contribution in [2.45, 2.75) is 12.6 Å². The molecule has 15 heavy (non-hydrogen) atoms. The van der Waals surface area contributed by atoms with E-state index in [4.69, 9.17) is 4.74 Å². The maximum absolute atomic E-state index is 11.6. The molecule has 1 aromatic heterocycles. The molecule has 1 aliphatic heterocycles. The molecule has 1 aliphatic rings. The molecule has 1 amide bonds. The van der Waals surface area contributed by atoms with Gasteiger partial charge in [-0.2, -0.15) is 11.3 Å². The lowest BCUT2D eigenvalue weighted by atomic mass is 10.2. The number of ether oxygens (including phenoxy) is 1. The number of nitrogens with one attached hydrogen (secondary N) is 2. The molecule has 1 unspecified atom stereocenters. The summed E-state index contributed by atoms with van der Waals surface area (Å²) in [7, 11) is 0. The Balaban J connectivity index is 1.76. The predicted octanol–water partition coefficient (Wildman–Crippen LogP) is 0.353. The van der Waals surface area contributed by atoms with Crippen molar-refractivity contribution in [2.24, 2.45) is 0 Å². The van der Waals surface area contributed by atoms with E-state index in [-0.39, 0.29) is 12.0 Å². The molecule has 0 bridgehead atoms. The third-order valence-electron chi connectivity index (χ3n) is 2.27. The fourth-order valence-electron chi connectivity index (χ4n) is 1.43. The van der Waals surface area contributed by atoms with Gasteiger partial charge in [-0.05, 0) is 22.4 Å². The first-order chi connectivity index (χ1) is 7.36. The van der Waals surface area contributed by atoms with Crippen LogP contribution in [0.5, 0.6) is 0 Å². The maximum atomic E-state index is 11.6. The second-order valence-electron chi connectivity index (χ2n) is 3.41. The van der Waals surface area contributed by atoms with Crippen LogP contribution in [0.4, 0.5) is 0 Å². The van der Waals surface area contributed by atoms with E-state index in [1.807, 2.05) is 16.8 Å². The number of rotatable bonds is 3. The number of hydrogen-bond acceptors (Lipinski definition) is 4. The van der Waals surface area contributed by atoms with Crippen molar-refractivity contribution < 1.29 is 9.53 Å². The van der Waals surface area contributed by atoms with E-state index < -0.39 is 0 Å². The van der Waals surface area contributed by atoms with Crippen LogP contribution in [0.15, 0.2) is 16.8 Å². The second-order valence-corrected chi connectivity index (χ2v) is 4.19. The van der Waals surface area contributed by atoms with Crippen LogP contribution in [0, 0.1) is 0 Å². The summed E-state index contributed by atoms with van der Waals surface area (Å²) in [4.78, 5) is 11.6. The van der Waals surface area contributed by atoms with Gasteiger partial charge in [0, 0.05) is 19.6 Å². The van der Waals surface area contributed by atoms with Crippen LogP contribution in [0.25, 0.3) is 0 Å². The van der Waals surface area contributed by atoms with Gasteiger partial charge in [-0.25, -0.2) is 0 Å². The number of hydrogen-bond donors (Lipinski definition) is 2. The normalized spacial score (nSPS) is 21.2. The molecule has 0 spiro atoms. The lowest BCUT2D eigenvalue weighted by molar-refractivity contribution is -0.134. The average molecular weight is 226 g/mol. The van der Waals surface area contributed by atoms with Crippen LogP contribution < -0.4 is 10.6 Å². The SMILES string of the molecule is O=C(NCc1ccsc1)C1CNCCO1. The van der Waals surface area contributed by atoms with Crippen molar-refractivity contribution in [1.29, 1.82) is 0 Å². The number of amides is 1. The summed E-state index contributed by atoms with van der Waals surface area (Å²) in [6.07, 6.45) is -0.336.